The average molecular weight is 580 g/mol. The molecule has 2 aromatic heterocycles. The van der Waals surface area contributed by atoms with Crippen molar-refractivity contribution in [1.29, 1.82) is 0 Å². The molecule has 0 atom stereocenters. The summed E-state index contributed by atoms with van der Waals surface area (Å²) in [5, 5.41) is 10.3. The minimum atomic E-state index is -4.15. The van der Waals surface area contributed by atoms with Gasteiger partial charge in [0.05, 0.1) is 35.5 Å². The maximum Gasteiger partial charge on any atom is 0.329 e. The van der Waals surface area contributed by atoms with Gasteiger partial charge in [-0.3, -0.25) is 5.10 Å². The molecule has 8 nitrogen and oxygen atoms in total. The first-order valence-electron chi connectivity index (χ1n) is 10.1. The molecule has 0 fully saturated rings. The lowest BCUT2D eigenvalue weighted by Crippen LogP contribution is -2.39. The van der Waals surface area contributed by atoms with E-state index in [0.29, 0.717) is 43.3 Å². The predicted molar refractivity (Wildman–Crippen MR) is 133 cm³/mol. The van der Waals surface area contributed by atoms with Gasteiger partial charge >= 0.3 is 6.03 Å². The van der Waals surface area contributed by atoms with Crippen LogP contribution in [0.2, 0.25) is 14.4 Å². The Bertz CT molecular complexity index is 1420. The molecular weight excluding hydrogens is 562 g/mol. The van der Waals surface area contributed by atoms with Gasteiger partial charge in [-0.25, -0.2) is 22.3 Å². The maximum atomic E-state index is 15.2. The summed E-state index contributed by atoms with van der Waals surface area (Å²) >= 11 is 19.0. The standard InChI is InChI=1S/C21H18Cl3FN4O4S2/c1-10-4-18(34-20(10)24)35(31,32)29-21(30)26-7-15(25)13-8-33-9-17-19(13)16(27-28-17)5-11-2-3-12(22)6-14(11)23/h2-4,6H,5,7-9H2,1H3,(H,27,28)(H2,26,29,30)/b15-13-. The number of amides is 2. The van der Waals surface area contributed by atoms with E-state index in [4.69, 9.17) is 39.5 Å². The third kappa shape index (κ3) is 5.82. The SMILES string of the molecule is Cc1cc(S(=O)(=O)NC(=O)NC/C(F)=C2\COCc3[nH]nc(Cc4ccc(Cl)cc4Cl)c32)sc1Cl. The van der Waals surface area contributed by atoms with Crippen molar-refractivity contribution < 1.29 is 22.3 Å². The summed E-state index contributed by atoms with van der Waals surface area (Å²) in [5.74, 6) is -0.696. The number of aromatic nitrogens is 2. The van der Waals surface area contributed by atoms with Gasteiger partial charge < -0.3 is 10.1 Å². The van der Waals surface area contributed by atoms with Crippen molar-refractivity contribution in [2.24, 2.45) is 0 Å². The first kappa shape index (κ1) is 25.9. The Kier molecular flexibility index (Phi) is 7.74. The number of carbonyl (C=O) groups is 1. The smallest absolute Gasteiger partial charge is 0.329 e. The molecule has 0 saturated carbocycles. The second-order valence-corrected chi connectivity index (χ2v) is 12.0. The number of nitrogens with one attached hydrogen (secondary N) is 3. The van der Waals surface area contributed by atoms with Gasteiger partial charge in [0, 0.05) is 27.6 Å². The number of carbonyl (C=O) groups excluding carboxylic acids is 1. The lowest BCUT2D eigenvalue weighted by molar-refractivity contribution is 0.142. The first-order chi connectivity index (χ1) is 16.5. The van der Waals surface area contributed by atoms with Gasteiger partial charge in [0.25, 0.3) is 10.0 Å². The van der Waals surface area contributed by atoms with Crippen molar-refractivity contribution in [2.45, 2.75) is 24.2 Å². The summed E-state index contributed by atoms with van der Waals surface area (Å²) < 4.78 is 47.4. The van der Waals surface area contributed by atoms with Crippen molar-refractivity contribution in [2.75, 3.05) is 13.2 Å². The molecule has 0 unspecified atom stereocenters. The highest BCUT2D eigenvalue weighted by atomic mass is 35.5. The molecule has 0 radical (unpaired) electrons. The Morgan fingerprint density at radius 3 is 2.71 bits per heavy atom. The van der Waals surface area contributed by atoms with Gasteiger partial charge in [0.1, 0.15) is 10.0 Å². The molecule has 186 valence electrons. The van der Waals surface area contributed by atoms with Crippen molar-refractivity contribution in [1.82, 2.24) is 20.2 Å². The van der Waals surface area contributed by atoms with Crippen LogP contribution in [0.25, 0.3) is 5.57 Å². The molecule has 3 heterocycles. The van der Waals surface area contributed by atoms with Gasteiger partial charge in [-0.2, -0.15) is 5.10 Å². The highest BCUT2D eigenvalue weighted by Gasteiger charge is 2.26. The molecular formula is C21H18Cl3FN4O4S2. The number of fused-ring (bicyclic) bond motifs is 1. The number of ether oxygens (including phenoxy) is 1. The number of H-pyrrole nitrogens is 1. The highest BCUT2D eigenvalue weighted by Crippen LogP contribution is 2.33. The van der Waals surface area contributed by atoms with Gasteiger partial charge in [-0.15, -0.1) is 11.3 Å². The average Bonchev–Trinajstić information content (AvgIpc) is 3.37. The van der Waals surface area contributed by atoms with E-state index < -0.39 is 28.4 Å². The number of sulfonamides is 1. The summed E-state index contributed by atoms with van der Waals surface area (Å²) in [7, 11) is -4.15. The van der Waals surface area contributed by atoms with Crippen molar-refractivity contribution in [3.63, 3.8) is 0 Å². The fourth-order valence-corrected chi connectivity index (χ4v) is 6.54. The van der Waals surface area contributed by atoms with Crippen molar-refractivity contribution in [3.8, 4) is 0 Å². The molecule has 3 N–H and O–H groups in total. The Morgan fingerprint density at radius 1 is 1.26 bits per heavy atom. The molecule has 0 saturated heterocycles. The lowest BCUT2D eigenvalue weighted by Gasteiger charge is -2.18. The summed E-state index contributed by atoms with van der Waals surface area (Å²) in [6.45, 7) is 1.25. The van der Waals surface area contributed by atoms with Crippen LogP contribution in [0.15, 0.2) is 34.3 Å². The number of urea groups is 1. The largest absolute Gasteiger partial charge is 0.370 e. The number of hydrogen-bond acceptors (Lipinski definition) is 6. The number of aromatic amines is 1. The quantitative estimate of drug-likeness (QED) is 0.370. The third-order valence-electron chi connectivity index (χ3n) is 5.14. The van der Waals surface area contributed by atoms with E-state index in [1.165, 1.54) is 6.07 Å². The Balaban J connectivity index is 1.50. The number of nitrogens with zero attached hydrogens (tertiary/aromatic N) is 1. The van der Waals surface area contributed by atoms with Gasteiger partial charge in [-0.1, -0.05) is 40.9 Å². The molecule has 1 aliphatic rings. The molecule has 0 spiro atoms. The van der Waals surface area contributed by atoms with E-state index in [-0.39, 0.29) is 23.0 Å². The number of halogens is 4. The summed E-state index contributed by atoms with van der Waals surface area (Å²) in [5.41, 5.74) is 3.19. The van der Waals surface area contributed by atoms with E-state index in [2.05, 4.69) is 15.5 Å². The summed E-state index contributed by atoms with van der Waals surface area (Å²) in [6.07, 6.45) is 0.313. The van der Waals surface area contributed by atoms with Crippen molar-refractivity contribution >= 4 is 67.8 Å². The fraction of sp³-hybridized carbons (Fsp3) is 0.238. The molecule has 0 aliphatic carbocycles. The Hall–Kier alpha value is -2.15. The molecule has 35 heavy (non-hydrogen) atoms. The van der Waals surface area contributed by atoms with Gasteiger partial charge in [0.15, 0.2) is 0 Å². The second kappa shape index (κ2) is 10.5. The van der Waals surface area contributed by atoms with Crippen LogP contribution in [-0.4, -0.2) is 37.8 Å². The van der Waals surface area contributed by atoms with Crippen LogP contribution in [0.5, 0.6) is 0 Å². The second-order valence-electron chi connectivity index (χ2n) is 7.62. The third-order valence-corrected chi connectivity index (χ3v) is 9.09. The van der Waals surface area contributed by atoms with E-state index in [1.54, 1.807) is 25.1 Å². The van der Waals surface area contributed by atoms with E-state index >= 15 is 4.39 Å². The van der Waals surface area contributed by atoms with Crippen LogP contribution in [0, 0.1) is 6.92 Å². The maximum absolute atomic E-state index is 15.2. The normalized spacial score (nSPS) is 15.0. The van der Waals surface area contributed by atoms with Gasteiger partial charge in [0.2, 0.25) is 0 Å². The number of hydrogen-bond donors (Lipinski definition) is 3. The minimum Gasteiger partial charge on any atom is -0.370 e. The molecule has 14 heteroatoms. The van der Waals surface area contributed by atoms with Crippen LogP contribution >= 0.6 is 46.1 Å². The molecule has 0 bridgehead atoms. The van der Waals surface area contributed by atoms with E-state index in [0.717, 1.165) is 16.9 Å². The predicted octanol–water partition coefficient (Wildman–Crippen LogP) is 5.23. The van der Waals surface area contributed by atoms with E-state index in [1.807, 2.05) is 4.72 Å². The van der Waals surface area contributed by atoms with Crippen LogP contribution < -0.4 is 10.0 Å². The van der Waals surface area contributed by atoms with Crippen molar-refractivity contribution in [3.05, 3.63) is 72.6 Å². The zero-order valence-electron chi connectivity index (χ0n) is 18.0. The fourth-order valence-electron chi connectivity index (χ4n) is 3.43. The zero-order chi connectivity index (χ0) is 25.3. The number of thiophene rings is 1. The molecule has 4 rings (SSSR count). The molecule has 1 aromatic carbocycles. The highest BCUT2D eigenvalue weighted by molar-refractivity contribution is 7.92. The number of benzene rings is 1. The van der Waals surface area contributed by atoms with E-state index in [9.17, 15) is 13.2 Å². The van der Waals surface area contributed by atoms with Crippen LogP contribution in [0.3, 0.4) is 0 Å². The monoisotopic (exact) mass is 578 g/mol. The summed E-state index contributed by atoms with van der Waals surface area (Å²) in [6, 6.07) is 5.34. The Labute approximate surface area is 219 Å². The van der Waals surface area contributed by atoms with Crippen LogP contribution in [0.4, 0.5) is 9.18 Å². The Morgan fingerprint density at radius 2 is 2.03 bits per heavy atom. The molecule has 3 aromatic rings. The molecule has 1 aliphatic heterocycles. The van der Waals surface area contributed by atoms with Crippen LogP contribution in [-0.2, 0) is 27.8 Å². The summed E-state index contributed by atoms with van der Waals surface area (Å²) in [4.78, 5) is 12.2. The first-order valence-corrected chi connectivity index (χ1v) is 13.5. The zero-order valence-corrected chi connectivity index (χ0v) is 21.9. The number of aryl methyl sites for hydroxylation is 1. The lowest BCUT2D eigenvalue weighted by atomic mass is 9.97. The van der Waals surface area contributed by atoms with Gasteiger partial charge in [-0.05, 0) is 36.2 Å². The van der Waals surface area contributed by atoms with Crippen LogP contribution in [0.1, 0.15) is 28.1 Å². The number of rotatable bonds is 6. The molecule has 2 amide bonds. The minimum absolute atomic E-state index is 0.0473. The topological polar surface area (TPSA) is 113 Å².